The Hall–Kier alpha value is -1.10. The average Bonchev–Trinajstić information content (AvgIpc) is 2.93. The third-order valence-corrected chi connectivity index (χ3v) is 4.84. The summed E-state index contributed by atoms with van der Waals surface area (Å²) < 4.78 is 0. The molecule has 1 saturated carbocycles. The quantitative estimate of drug-likeness (QED) is 0.798. The second-order valence-electron chi connectivity index (χ2n) is 6.24. The Morgan fingerprint density at radius 1 is 1.20 bits per heavy atom. The Kier molecular flexibility index (Phi) is 5.40. The Balaban J connectivity index is 1.78. The Labute approximate surface area is 121 Å². The molecule has 1 saturated heterocycles. The zero-order valence-electron chi connectivity index (χ0n) is 12.4. The highest BCUT2D eigenvalue weighted by atomic mass is 16.2. The van der Waals surface area contributed by atoms with Crippen LogP contribution in [0.4, 0.5) is 0 Å². The fourth-order valence-electron chi connectivity index (χ4n) is 3.52. The van der Waals surface area contributed by atoms with Crippen molar-refractivity contribution >= 4 is 11.8 Å². The molecule has 0 bridgehead atoms. The molecule has 1 heterocycles. The summed E-state index contributed by atoms with van der Waals surface area (Å²) >= 11 is 0. The third kappa shape index (κ3) is 3.72. The van der Waals surface area contributed by atoms with Gasteiger partial charge in [0, 0.05) is 32.5 Å². The first-order valence-electron chi connectivity index (χ1n) is 7.85. The molecule has 0 aromatic heterocycles. The number of carbonyl (C=O) groups is 2. The summed E-state index contributed by atoms with van der Waals surface area (Å²) in [5.74, 6) is 1.40. The molecular formula is C15H27N3O2. The first kappa shape index (κ1) is 15.3. The van der Waals surface area contributed by atoms with Crippen molar-refractivity contribution in [2.24, 2.45) is 23.5 Å². The second-order valence-corrected chi connectivity index (χ2v) is 6.24. The van der Waals surface area contributed by atoms with Gasteiger partial charge in [0.1, 0.15) is 0 Å². The molecule has 2 amide bonds. The van der Waals surface area contributed by atoms with Gasteiger partial charge in [0.2, 0.25) is 11.8 Å². The molecule has 1 aliphatic carbocycles. The maximum atomic E-state index is 12.5. The van der Waals surface area contributed by atoms with Crippen LogP contribution in [0.15, 0.2) is 0 Å². The lowest BCUT2D eigenvalue weighted by Crippen LogP contribution is -2.45. The first-order chi connectivity index (χ1) is 9.61. The third-order valence-electron chi connectivity index (χ3n) is 4.84. The number of likely N-dealkylation sites (tertiary alicyclic amines) is 1. The zero-order valence-corrected chi connectivity index (χ0v) is 12.4. The summed E-state index contributed by atoms with van der Waals surface area (Å²) in [6, 6.07) is 0. The number of amides is 2. The van der Waals surface area contributed by atoms with Crippen molar-refractivity contribution in [3.05, 3.63) is 0 Å². The highest BCUT2D eigenvalue weighted by Gasteiger charge is 2.35. The fraction of sp³-hybridized carbons (Fsp3) is 0.867. The van der Waals surface area contributed by atoms with Gasteiger partial charge >= 0.3 is 0 Å². The summed E-state index contributed by atoms with van der Waals surface area (Å²) in [6.07, 6.45) is 5.23. The number of hydrogen-bond acceptors (Lipinski definition) is 3. The van der Waals surface area contributed by atoms with Crippen LogP contribution in [0.25, 0.3) is 0 Å². The maximum absolute atomic E-state index is 12.5. The van der Waals surface area contributed by atoms with E-state index in [2.05, 4.69) is 5.32 Å². The molecule has 0 spiro atoms. The van der Waals surface area contributed by atoms with Gasteiger partial charge in [-0.1, -0.05) is 6.42 Å². The van der Waals surface area contributed by atoms with Crippen LogP contribution in [0.3, 0.4) is 0 Å². The molecule has 114 valence electrons. The predicted octanol–water partition coefficient (Wildman–Crippen LogP) is 0.736. The molecule has 0 aromatic rings. The van der Waals surface area contributed by atoms with Gasteiger partial charge in [-0.2, -0.15) is 0 Å². The van der Waals surface area contributed by atoms with Crippen LogP contribution in [-0.2, 0) is 9.59 Å². The summed E-state index contributed by atoms with van der Waals surface area (Å²) in [6.45, 7) is 4.58. The minimum absolute atomic E-state index is 0.0280. The van der Waals surface area contributed by atoms with Gasteiger partial charge in [0.05, 0.1) is 0 Å². The Bertz CT molecular complexity index is 351. The van der Waals surface area contributed by atoms with E-state index in [0.717, 1.165) is 51.7 Å². The maximum Gasteiger partial charge on any atom is 0.226 e. The number of rotatable bonds is 4. The van der Waals surface area contributed by atoms with Crippen molar-refractivity contribution < 1.29 is 9.59 Å². The van der Waals surface area contributed by atoms with Crippen LogP contribution in [0, 0.1) is 17.8 Å². The summed E-state index contributed by atoms with van der Waals surface area (Å²) in [5.41, 5.74) is 5.77. The van der Waals surface area contributed by atoms with E-state index in [9.17, 15) is 9.59 Å². The lowest BCUT2D eigenvalue weighted by Gasteiger charge is -2.34. The van der Waals surface area contributed by atoms with Crippen molar-refractivity contribution in [2.45, 2.75) is 39.0 Å². The molecule has 0 radical (unpaired) electrons. The topological polar surface area (TPSA) is 75.4 Å². The van der Waals surface area contributed by atoms with Gasteiger partial charge in [-0.25, -0.2) is 0 Å². The number of carbonyl (C=O) groups excluding carboxylic acids is 2. The molecule has 0 aromatic carbocycles. The fourth-order valence-corrected chi connectivity index (χ4v) is 3.52. The van der Waals surface area contributed by atoms with Crippen molar-refractivity contribution in [2.75, 3.05) is 26.2 Å². The molecule has 3 N–H and O–H groups in total. The Morgan fingerprint density at radius 2 is 1.90 bits per heavy atom. The van der Waals surface area contributed by atoms with Gasteiger partial charge in [0.15, 0.2) is 0 Å². The molecule has 2 rings (SSSR count). The van der Waals surface area contributed by atoms with Crippen molar-refractivity contribution in [1.82, 2.24) is 10.2 Å². The molecule has 1 aliphatic heterocycles. The van der Waals surface area contributed by atoms with Crippen molar-refractivity contribution in [3.8, 4) is 0 Å². The SMILES string of the molecule is CC(=O)NCC1CCN(C(=O)[C@@H]2CCC[C@@H]2CN)CC1. The highest BCUT2D eigenvalue weighted by Crippen LogP contribution is 2.33. The molecule has 2 aliphatic rings. The minimum atomic E-state index is 0.0280. The van der Waals surface area contributed by atoms with Crippen LogP contribution in [-0.4, -0.2) is 42.9 Å². The zero-order chi connectivity index (χ0) is 14.5. The average molecular weight is 281 g/mol. The van der Waals surface area contributed by atoms with E-state index in [1.165, 1.54) is 0 Å². The van der Waals surface area contributed by atoms with E-state index >= 15 is 0 Å². The van der Waals surface area contributed by atoms with Gasteiger partial charge in [-0.3, -0.25) is 9.59 Å². The summed E-state index contributed by atoms with van der Waals surface area (Å²) in [4.78, 5) is 25.5. The molecular weight excluding hydrogens is 254 g/mol. The van der Waals surface area contributed by atoms with Gasteiger partial charge < -0.3 is 16.0 Å². The number of nitrogens with one attached hydrogen (secondary N) is 1. The van der Waals surface area contributed by atoms with E-state index in [0.29, 0.717) is 24.3 Å². The molecule has 2 fully saturated rings. The summed E-state index contributed by atoms with van der Waals surface area (Å²) in [7, 11) is 0. The smallest absolute Gasteiger partial charge is 0.226 e. The minimum Gasteiger partial charge on any atom is -0.356 e. The predicted molar refractivity (Wildman–Crippen MR) is 77.9 cm³/mol. The van der Waals surface area contributed by atoms with Crippen LogP contribution in [0.5, 0.6) is 0 Å². The van der Waals surface area contributed by atoms with Gasteiger partial charge in [-0.15, -0.1) is 0 Å². The standard InChI is InChI=1S/C15H27N3O2/c1-11(19)17-10-12-5-7-18(8-6-12)15(20)14-4-2-3-13(14)9-16/h12-14H,2-10,16H2,1H3,(H,17,19)/t13-,14-/m1/s1. The number of hydrogen-bond donors (Lipinski definition) is 2. The van der Waals surface area contributed by atoms with E-state index in [1.807, 2.05) is 4.90 Å². The number of nitrogens with two attached hydrogens (primary N) is 1. The molecule has 5 heteroatoms. The van der Waals surface area contributed by atoms with Crippen molar-refractivity contribution in [1.29, 1.82) is 0 Å². The van der Waals surface area contributed by atoms with Crippen LogP contribution in [0.2, 0.25) is 0 Å². The van der Waals surface area contributed by atoms with Crippen LogP contribution in [0.1, 0.15) is 39.0 Å². The molecule has 0 unspecified atom stereocenters. The number of piperidine rings is 1. The number of nitrogens with zero attached hydrogens (tertiary/aromatic N) is 1. The normalized spacial score (nSPS) is 27.6. The highest BCUT2D eigenvalue weighted by molar-refractivity contribution is 5.79. The first-order valence-corrected chi connectivity index (χ1v) is 7.85. The molecule has 5 nitrogen and oxygen atoms in total. The lowest BCUT2D eigenvalue weighted by atomic mass is 9.91. The van der Waals surface area contributed by atoms with E-state index < -0.39 is 0 Å². The largest absolute Gasteiger partial charge is 0.356 e. The van der Waals surface area contributed by atoms with Gasteiger partial charge in [0.25, 0.3) is 0 Å². The lowest BCUT2D eigenvalue weighted by molar-refractivity contribution is -0.138. The Morgan fingerprint density at radius 3 is 2.50 bits per heavy atom. The van der Waals surface area contributed by atoms with Crippen molar-refractivity contribution in [3.63, 3.8) is 0 Å². The van der Waals surface area contributed by atoms with Crippen LogP contribution >= 0.6 is 0 Å². The van der Waals surface area contributed by atoms with E-state index in [1.54, 1.807) is 6.92 Å². The monoisotopic (exact) mass is 281 g/mol. The van der Waals surface area contributed by atoms with E-state index in [4.69, 9.17) is 5.73 Å². The summed E-state index contributed by atoms with van der Waals surface area (Å²) in [5, 5.41) is 2.87. The van der Waals surface area contributed by atoms with Crippen LogP contribution < -0.4 is 11.1 Å². The van der Waals surface area contributed by atoms with Gasteiger partial charge in [-0.05, 0) is 44.1 Å². The van der Waals surface area contributed by atoms with E-state index in [-0.39, 0.29) is 11.8 Å². The molecule has 2 atom stereocenters. The molecule has 20 heavy (non-hydrogen) atoms. The second kappa shape index (κ2) is 7.07.